The largest absolute Gasteiger partial charge is 0.465 e. The zero-order valence-electron chi connectivity index (χ0n) is 12.1. The van der Waals surface area contributed by atoms with Crippen molar-refractivity contribution in [3.8, 4) is 0 Å². The van der Waals surface area contributed by atoms with E-state index < -0.39 is 12.2 Å². The highest BCUT2D eigenvalue weighted by Gasteiger charge is 2.41. The first-order chi connectivity index (χ1) is 8.66. The summed E-state index contributed by atoms with van der Waals surface area (Å²) in [6.45, 7) is 6.72. The minimum atomic E-state index is -1.01. The molecule has 2 amide bonds. The summed E-state index contributed by atoms with van der Waals surface area (Å²) in [4.78, 5) is 22.0. The van der Waals surface area contributed by atoms with Crippen LogP contribution in [-0.4, -0.2) is 37.0 Å². The molecule has 0 heterocycles. The number of alkyl carbamates (subject to hydrolysis) is 1. The van der Waals surface area contributed by atoms with Crippen LogP contribution < -0.4 is 10.6 Å². The second kappa shape index (κ2) is 5.67. The van der Waals surface area contributed by atoms with Crippen LogP contribution in [0.15, 0.2) is 0 Å². The van der Waals surface area contributed by atoms with Gasteiger partial charge >= 0.3 is 12.2 Å². The molecule has 6 heteroatoms. The molecule has 0 saturated heterocycles. The third kappa shape index (κ3) is 4.96. The second-order valence-corrected chi connectivity index (χ2v) is 6.55. The number of rotatable bonds is 3. The summed E-state index contributed by atoms with van der Waals surface area (Å²) in [5.41, 5.74) is -0.106. The summed E-state index contributed by atoms with van der Waals surface area (Å²) in [5, 5.41) is 14.0. The summed E-state index contributed by atoms with van der Waals surface area (Å²) in [6.07, 6.45) is 1.08. The summed E-state index contributed by atoms with van der Waals surface area (Å²) < 4.78 is 4.63. The Labute approximate surface area is 113 Å². The smallest absolute Gasteiger partial charge is 0.407 e. The lowest BCUT2D eigenvalue weighted by Crippen LogP contribution is -2.50. The number of amides is 2. The van der Waals surface area contributed by atoms with E-state index >= 15 is 0 Å². The average molecular weight is 272 g/mol. The number of hydrogen-bond acceptors (Lipinski definition) is 3. The molecule has 1 aliphatic rings. The molecule has 0 bridgehead atoms. The van der Waals surface area contributed by atoms with E-state index in [4.69, 9.17) is 5.11 Å². The molecule has 1 rings (SSSR count). The molecule has 0 aromatic carbocycles. The minimum Gasteiger partial charge on any atom is -0.465 e. The SMILES string of the molecule is COC(=O)NC1CC(C)(C)CC(C)(CNC(=O)O)C1. The van der Waals surface area contributed by atoms with E-state index in [2.05, 4.69) is 36.1 Å². The van der Waals surface area contributed by atoms with Crippen LogP contribution in [0.1, 0.15) is 40.0 Å². The topological polar surface area (TPSA) is 87.7 Å². The average Bonchev–Trinajstić information content (AvgIpc) is 2.23. The molecular weight excluding hydrogens is 248 g/mol. The van der Waals surface area contributed by atoms with Crippen LogP contribution in [0.5, 0.6) is 0 Å². The molecule has 1 saturated carbocycles. The Balaban J connectivity index is 2.71. The summed E-state index contributed by atoms with van der Waals surface area (Å²) >= 11 is 0. The molecule has 1 fully saturated rings. The maximum Gasteiger partial charge on any atom is 0.407 e. The Kier molecular flexibility index (Phi) is 4.66. The molecule has 0 aliphatic heterocycles. The van der Waals surface area contributed by atoms with Gasteiger partial charge in [-0.15, -0.1) is 0 Å². The van der Waals surface area contributed by atoms with Crippen LogP contribution in [0, 0.1) is 10.8 Å². The Morgan fingerprint density at radius 1 is 1.32 bits per heavy atom. The third-order valence-electron chi connectivity index (χ3n) is 3.62. The zero-order chi connectivity index (χ0) is 14.7. The van der Waals surface area contributed by atoms with E-state index in [1.54, 1.807) is 0 Å². The number of carboxylic acid groups (broad SMARTS) is 1. The molecule has 2 unspecified atom stereocenters. The molecule has 110 valence electrons. The van der Waals surface area contributed by atoms with Gasteiger partial charge in [0.15, 0.2) is 0 Å². The molecule has 0 aromatic heterocycles. The Morgan fingerprint density at radius 2 is 1.95 bits per heavy atom. The fourth-order valence-corrected chi connectivity index (χ4v) is 3.39. The van der Waals surface area contributed by atoms with Crippen molar-refractivity contribution in [1.82, 2.24) is 10.6 Å². The lowest BCUT2D eigenvalue weighted by molar-refractivity contribution is 0.0672. The van der Waals surface area contributed by atoms with Gasteiger partial charge in [0.1, 0.15) is 0 Å². The van der Waals surface area contributed by atoms with Gasteiger partial charge in [0.05, 0.1) is 7.11 Å². The summed E-state index contributed by atoms with van der Waals surface area (Å²) in [7, 11) is 1.34. The van der Waals surface area contributed by atoms with Gasteiger partial charge in [-0.25, -0.2) is 9.59 Å². The number of nitrogens with one attached hydrogen (secondary N) is 2. The summed E-state index contributed by atoms with van der Waals surface area (Å²) in [6, 6.07) is 0.0109. The first-order valence-electron chi connectivity index (χ1n) is 6.47. The molecule has 0 spiro atoms. The van der Waals surface area contributed by atoms with E-state index in [-0.39, 0.29) is 16.9 Å². The first-order valence-corrected chi connectivity index (χ1v) is 6.47. The van der Waals surface area contributed by atoms with E-state index in [1.165, 1.54) is 7.11 Å². The lowest BCUT2D eigenvalue weighted by Gasteiger charge is -2.46. The zero-order valence-corrected chi connectivity index (χ0v) is 12.1. The highest BCUT2D eigenvalue weighted by molar-refractivity contribution is 5.67. The summed E-state index contributed by atoms with van der Waals surface area (Å²) in [5.74, 6) is 0. The van der Waals surface area contributed by atoms with Crippen molar-refractivity contribution < 1.29 is 19.4 Å². The molecule has 3 N–H and O–H groups in total. The number of ether oxygens (including phenoxy) is 1. The third-order valence-corrected chi connectivity index (χ3v) is 3.62. The number of hydrogen-bond donors (Lipinski definition) is 3. The molecule has 1 aliphatic carbocycles. The van der Waals surface area contributed by atoms with Gasteiger partial charge in [0.25, 0.3) is 0 Å². The van der Waals surface area contributed by atoms with Crippen molar-refractivity contribution in [2.75, 3.05) is 13.7 Å². The monoisotopic (exact) mass is 272 g/mol. The quantitative estimate of drug-likeness (QED) is 0.735. The van der Waals surface area contributed by atoms with Gasteiger partial charge in [-0.3, -0.25) is 0 Å². The highest BCUT2D eigenvalue weighted by atomic mass is 16.5. The predicted octanol–water partition coefficient (Wildman–Crippen LogP) is 2.20. The lowest BCUT2D eigenvalue weighted by atomic mass is 9.62. The van der Waals surface area contributed by atoms with E-state index in [0.717, 1.165) is 19.3 Å². The molecular formula is C13H24N2O4. The Morgan fingerprint density at radius 3 is 2.47 bits per heavy atom. The predicted molar refractivity (Wildman–Crippen MR) is 71.1 cm³/mol. The van der Waals surface area contributed by atoms with Crippen LogP contribution in [0.3, 0.4) is 0 Å². The van der Waals surface area contributed by atoms with E-state index in [1.807, 2.05) is 0 Å². The van der Waals surface area contributed by atoms with Crippen molar-refractivity contribution in [2.24, 2.45) is 10.8 Å². The van der Waals surface area contributed by atoms with Crippen molar-refractivity contribution in [2.45, 2.75) is 46.1 Å². The van der Waals surface area contributed by atoms with Crippen LogP contribution in [0.4, 0.5) is 9.59 Å². The maximum atomic E-state index is 11.3. The number of carbonyl (C=O) groups is 2. The molecule has 19 heavy (non-hydrogen) atoms. The molecule has 0 radical (unpaired) electrons. The van der Waals surface area contributed by atoms with Crippen molar-refractivity contribution >= 4 is 12.2 Å². The maximum absolute atomic E-state index is 11.3. The fourth-order valence-electron chi connectivity index (χ4n) is 3.39. The Bertz CT molecular complexity index is 357. The van der Waals surface area contributed by atoms with E-state index in [9.17, 15) is 9.59 Å². The van der Waals surface area contributed by atoms with Gasteiger partial charge in [-0.2, -0.15) is 0 Å². The minimum absolute atomic E-state index is 0.0109. The van der Waals surface area contributed by atoms with Crippen molar-refractivity contribution in [3.05, 3.63) is 0 Å². The van der Waals surface area contributed by atoms with Gasteiger partial charge in [0, 0.05) is 12.6 Å². The molecule has 2 atom stereocenters. The normalized spacial score (nSPS) is 29.4. The second-order valence-electron chi connectivity index (χ2n) is 6.55. The van der Waals surface area contributed by atoms with Crippen molar-refractivity contribution in [3.63, 3.8) is 0 Å². The van der Waals surface area contributed by atoms with Gasteiger partial charge < -0.3 is 20.5 Å². The van der Waals surface area contributed by atoms with Crippen LogP contribution in [0.25, 0.3) is 0 Å². The van der Waals surface area contributed by atoms with Crippen molar-refractivity contribution in [1.29, 1.82) is 0 Å². The number of carbonyl (C=O) groups excluding carboxylic acids is 1. The van der Waals surface area contributed by atoms with E-state index in [0.29, 0.717) is 6.54 Å². The van der Waals surface area contributed by atoms with Crippen LogP contribution in [0.2, 0.25) is 0 Å². The number of methoxy groups -OCH3 is 1. The Hall–Kier alpha value is -1.46. The standard InChI is InChI=1S/C13H24N2O4/c1-12(2)5-9(15-11(18)19-4)6-13(3,7-12)8-14-10(16)17/h9,14H,5-8H2,1-4H3,(H,15,18)(H,16,17). The van der Waals surface area contributed by atoms with Gasteiger partial charge in [0.2, 0.25) is 0 Å². The molecule has 0 aromatic rings. The van der Waals surface area contributed by atoms with Crippen LogP contribution in [-0.2, 0) is 4.74 Å². The van der Waals surface area contributed by atoms with Gasteiger partial charge in [-0.05, 0) is 30.1 Å². The van der Waals surface area contributed by atoms with Crippen LogP contribution >= 0.6 is 0 Å². The highest BCUT2D eigenvalue weighted by Crippen LogP contribution is 2.45. The molecule has 6 nitrogen and oxygen atoms in total. The fraction of sp³-hybridized carbons (Fsp3) is 0.846. The van der Waals surface area contributed by atoms with Gasteiger partial charge in [-0.1, -0.05) is 20.8 Å². The first kappa shape index (κ1) is 15.6.